The monoisotopic (exact) mass is 282 g/mol. The quantitative estimate of drug-likeness (QED) is 0.862. The minimum absolute atomic E-state index is 0.0870. The predicted molar refractivity (Wildman–Crippen MR) is 79.9 cm³/mol. The lowest BCUT2D eigenvalue weighted by Gasteiger charge is -2.19. The van der Waals surface area contributed by atoms with Gasteiger partial charge in [0.1, 0.15) is 16.8 Å². The Labute approximate surface area is 120 Å². The molecule has 106 valence electrons. The largest absolute Gasteiger partial charge is 0.369 e. The van der Waals surface area contributed by atoms with Gasteiger partial charge in [-0.15, -0.1) is 0 Å². The molecular weight excluding hydrogens is 260 g/mol. The molecule has 1 aromatic rings. The normalized spacial score (nSPS) is 16.8. The number of halogens is 1. The van der Waals surface area contributed by atoms with Gasteiger partial charge in [0, 0.05) is 24.6 Å². The Kier molecular flexibility index (Phi) is 4.63. The molecule has 0 radical (unpaired) electrons. The molecule has 0 aromatic carbocycles. The van der Waals surface area contributed by atoms with E-state index in [1.165, 1.54) is 25.9 Å². The summed E-state index contributed by atoms with van der Waals surface area (Å²) in [5, 5.41) is 3.85. The highest BCUT2D eigenvalue weighted by atomic mass is 35.5. The summed E-state index contributed by atoms with van der Waals surface area (Å²) in [6.45, 7) is 10.7. The number of nitrogens with one attached hydrogen (secondary N) is 1. The van der Waals surface area contributed by atoms with Gasteiger partial charge in [-0.2, -0.15) is 0 Å². The van der Waals surface area contributed by atoms with Gasteiger partial charge in [-0.25, -0.2) is 9.97 Å². The lowest BCUT2D eigenvalue weighted by atomic mass is 9.96. The summed E-state index contributed by atoms with van der Waals surface area (Å²) in [6, 6.07) is 1.79. The number of aromatic nitrogens is 2. The molecule has 0 unspecified atom stereocenters. The molecule has 5 heteroatoms. The zero-order valence-electron chi connectivity index (χ0n) is 12.0. The van der Waals surface area contributed by atoms with E-state index in [4.69, 9.17) is 11.6 Å². The molecule has 0 aliphatic carbocycles. The number of anilines is 1. The SMILES string of the molecule is CC(C)(C)c1nc(Cl)cc(NCCN2CCCC2)n1. The molecular formula is C14H23ClN4. The second-order valence-corrected chi connectivity index (χ2v) is 6.51. The highest BCUT2D eigenvalue weighted by Gasteiger charge is 2.19. The van der Waals surface area contributed by atoms with E-state index in [0.29, 0.717) is 5.15 Å². The van der Waals surface area contributed by atoms with Crippen molar-refractivity contribution in [1.82, 2.24) is 14.9 Å². The Morgan fingerprint density at radius 3 is 2.58 bits per heavy atom. The van der Waals surface area contributed by atoms with E-state index < -0.39 is 0 Å². The van der Waals surface area contributed by atoms with Crippen molar-refractivity contribution in [3.05, 3.63) is 17.0 Å². The number of likely N-dealkylation sites (tertiary alicyclic amines) is 1. The number of hydrogen-bond donors (Lipinski definition) is 1. The summed E-state index contributed by atoms with van der Waals surface area (Å²) >= 11 is 6.06. The standard InChI is InChI=1S/C14H23ClN4/c1-14(2,3)13-17-11(15)10-12(18-13)16-6-9-19-7-4-5-8-19/h10H,4-9H2,1-3H3,(H,16,17,18). The number of rotatable bonds is 4. The summed E-state index contributed by atoms with van der Waals surface area (Å²) in [5.74, 6) is 1.60. The third-order valence-corrected chi connectivity index (χ3v) is 3.49. The number of nitrogens with zero attached hydrogens (tertiary/aromatic N) is 3. The Balaban J connectivity index is 1.94. The minimum atomic E-state index is -0.0870. The van der Waals surface area contributed by atoms with Crippen molar-refractivity contribution >= 4 is 17.4 Å². The summed E-state index contributed by atoms with van der Waals surface area (Å²) in [4.78, 5) is 11.3. The van der Waals surface area contributed by atoms with Gasteiger partial charge in [0.05, 0.1) is 0 Å². The lowest BCUT2D eigenvalue weighted by Crippen LogP contribution is -2.26. The maximum Gasteiger partial charge on any atom is 0.137 e. The van der Waals surface area contributed by atoms with E-state index in [2.05, 4.69) is 41.0 Å². The fraction of sp³-hybridized carbons (Fsp3) is 0.714. The molecule has 2 heterocycles. The van der Waals surface area contributed by atoms with Gasteiger partial charge in [0.25, 0.3) is 0 Å². The van der Waals surface area contributed by atoms with E-state index in [1.54, 1.807) is 6.07 Å². The smallest absolute Gasteiger partial charge is 0.137 e. The molecule has 1 aliphatic heterocycles. The van der Waals surface area contributed by atoms with Crippen molar-refractivity contribution in [2.75, 3.05) is 31.5 Å². The van der Waals surface area contributed by atoms with Crippen molar-refractivity contribution < 1.29 is 0 Å². The fourth-order valence-electron chi connectivity index (χ4n) is 2.19. The minimum Gasteiger partial charge on any atom is -0.369 e. The molecule has 1 N–H and O–H groups in total. The average molecular weight is 283 g/mol. The van der Waals surface area contributed by atoms with Crippen molar-refractivity contribution in [3.8, 4) is 0 Å². The molecule has 0 spiro atoms. The van der Waals surface area contributed by atoms with Crippen molar-refractivity contribution in [1.29, 1.82) is 0 Å². The van der Waals surface area contributed by atoms with Gasteiger partial charge in [0.15, 0.2) is 0 Å². The van der Waals surface area contributed by atoms with Crippen LogP contribution in [-0.4, -0.2) is 41.0 Å². The molecule has 19 heavy (non-hydrogen) atoms. The zero-order valence-corrected chi connectivity index (χ0v) is 12.8. The molecule has 0 bridgehead atoms. The first-order chi connectivity index (χ1) is 8.95. The van der Waals surface area contributed by atoms with Crippen LogP contribution in [0, 0.1) is 0 Å². The Morgan fingerprint density at radius 1 is 1.26 bits per heavy atom. The van der Waals surface area contributed by atoms with E-state index in [0.717, 1.165) is 24.7 Å². The maximum absolute atomic E-state index is 6.06. The Hall–Kier alpha value is -0.870. The molecule has 0 atom stereocenters. The van der Waals surface area contributed by atoms with Gasteiger partial charge in [-0.1, -0.05) is 32.4 Å². The average Bonchev–Trinajstić information content (AvgIpc) is 2.80. The molecule has 0 amide bonds. The molecule has 2 rings (SSSR count). The molecule has 4 nitrogen and oxygen atoms in total. The van der Waals surface area contributed by atoms with Crippen LogP contribution in [0.3, 0.4) is 0 Å². The van der Waals surface area contributed by atoms with E-state index in [1.807, 2.05) is 0 Å². The van der Waals surface area contributed by atoms with E-state index in [9.17, 15) is 0 Å². The van der Waals surface area contributed by atoms with Crippen LogP contribution >= 0.6 is 11.6 Å². The third kappa shape index (κ3) is 4.32. The molecule has 1 aliphatic rings. The highest BCUT2D eigenvalue weighted by molar-refractivity contribution is 6.29. The fourth-order valence-corrected chi connectivity index (χ4v) is 2.38. The van der Waals surface area contributed by atoms with Crippen LogP contribution in [-0.2, 0) is 5.41 Å². The third-order valence-electron chi connectivity index (χ3n) is 3.30. The topological polar surface area (TPSA) is 41.1 Å². The van der Waals surface area contributed by atoms with Crippen LogP contribution in [0.25, 0.3) is 0 Å². The van der Waals surface area contributed by atoms with Crippen molar-refractivity contribution in [3.63, 3.8) is 0 Å². The van der Waals surface area contributed by atoms with Crippen molar-refractivity contribution in [2.24, 2.45) is 0 Å². The van der Waals surface area contributed by atoms with Crippen molar-refractivity contribution in [2.45, 2.75) is 39.0 Å². The first-order valence-corrected chi connectivity index (χ1v) is 7.34. The maximum atomic E-state index is 6.06. The van der Waals surface area contributed by atoms with Crippen LogP contribution in [0.1, 0.15) is 39.4 Å². The molecule has 1 aromatic heterocycles. The van der Waals surface area contributed by atoms with Crippen LogP contribution in [0.2, 0.25) is 5.15 Å². The van der Waals surface area contributed by atoms with Crippen LogP contribution in [0.5, 0.6) is 0 Å². The second-order valence-electron chi connectivity index (χ2n) is 6.13. The summed E-state index contributed by atoms with van der Waals surface area (Å²) in [7, 11) is 0. The molecule has 1 fully saturated rings. The zero-order chi connectivity index (χ0) is 13.9. The molecule has 1 saturated heterocycles. The second kappa shape index (κ2) is 6.06. The van der Waals surface area contributed by atoms with Gasteiger partial charge in [0.2, 0.25) is 0 Å². The van der Waals surface area contributed by atoms with Gasteiger partial charge < -0.3 is 10.2 Å². The van der Waals surface area contributed by atoms with Crippen LogP contribution in [0.15, 0.2) is 6.07 Å². The summed E-state index contributed by atoms with van der Waals surface area (Å²) < 4.78 is 0. The Morgan fingerprint density at radius 2 is 1.95 bits per heavy atom. The lowest BCUT2D eigenvalue weighted by molar-refractivity contribution is 0.352. The molecule has 0 saturated carbocycles. The summed E-state index contributed by atoms with van der Waals surface area (Å²) in [5.41, 5.74) is -0.0870. The first-order valence-electron chi connectivity index (χ1n) is 6.96. The summed E-state index contributed by atoms with van der Waals surface area (Å²) in [6.07, 6.45) is 2.65. The van der Waals surface area contributed by atoms with Gasteiger partial charge >= 0.3 is 0 Å². The van der Waals surface area contributed by atoms with Crippen LogP contribution < -0.4 is 5.32 Å². The highest BCUT2D eigenvalue weighted by Crippen LogP contribution is 2.22. The van der Waals surface area contributed by atoms with Gasteiger partial charge in [-0.3, -0.25) is 0 Å². The number of hydrogen-bond acceptors (Lipinski definition) is 4. The van der Waals surface area contributed by atoms with Crippen LogP contribution in [0.4, 0.5) is 5.82 Å². The first kappa shape index (κ1) is 14.5. The van der Waals surface area contributed by atoms with Gasteiger partial charge in [-0.05, 0) is 25.9 Å². The Bertz CT molecular complexity index is 422. The van der Waals surface area contributed by atoms with E-state index in [-0.39, 0.29) is 5.41 Å². The van der Waals surface area contributed by atoms with E-state index >= 15 is 0 Å². The predicted octanol–water partition coefficient (Wildman–Crippen LogP) is 2.94.